The predicted molar refractivity (Wildman–Crippen MR) is 127 cm³/mol. The van der Waals surface area contributed by atoms with Crippen molar-refractivity contribution in [2.75, 3.05) is 11.9 Å². The molecule has 0 aliphatic carbocycles. The van der Waals surface area contributed by atoms with Crippen LogP contribution in [0.5, 0.6) is 0 Å². The first-order valence-corrected chi connectivity index (χ1v) is 11.7. The van der Waals surface area contributed by atoms with Crippen molar-refractivity contribution in [3.63, 3.8) is 0 Å². The van der Waals surface area contributed by atoms with Crippen molar-refractivity contribution in [1.29, 1.82) is 0 Å². The number of ether oxygens (including phenoxy) is 1. The molecule has 2 heterocycles. The predicted octanol–water partition coefficient (Wildman–Crippen LogP) is 5.47. The van der Waals surface area contributed by atoms with E-state index in [9.17, 15) is 4.79 Å². The maximum atomic E-state index is 13.1. The second kappa shape index (κ2) is 9.71. The lowest BCUT2D eigenvalue weighted by atomic mass is 10.0. The monoisotopic (exact) mass is 435 g/mol. The topological polar surface area (TPSA) is 56.2 Å². The summed E-state index contributed by atoms with van der Waals surface area (Å²) >= 11 is 1.50. The molecule has 5 nitrogen and oxygen atoms in total. The number of carbonyl (C=O) groups excluding carboxylic acids is 1. The van der Waals surface area contributed by atoms with Gasteiger partial charge in [-0.15, -0.1) is 0 Å². The summed E-state index contributed by atoms with van der Waals surface area (Å²) in [5.74, 6) is -0.0321. The number of thioether (sulfide) groups is 1. The SMILES string of the molecule is Cc1nc(SC(C)C(=O)Nc2ccccc2-c2ccccc2)n(CC2CCCO2)c1C. The number of anilines is 1. The van der Waals surface area contributed by atoms with Gasteiger partial charge in [0.15, 0.2) is 5.16 Å². The fourth-order valence-electron chi connectivity index (χ4n) is 3.83. The van der Waals surface area contributed by atoms with Crippen molar-refractivity contribution >= 4 is 23.4 Å². The van der Waals surface area contributed by atoms with E-state index in [4.69, 9.17) is 9.72 Å². The number of nitrogens with zero attached hydrogens (tertiary/aromatic N) is 2. The molecule has 2 unspecified atom stereocenters. The molecule has 1 aliphatic rings. The lowest BCUT2D eigenvalue weighted by Crippen LogP contribution is -2.24. The molecule has 1 N–H and O–H groups in total. The summed E-state index contributed by atoms with van der Waals surface area (Å²) in [5.41, 5.74) is 5.06. The minimum atomic E-state index is -0.284. The van der Waals surface area contributed by atoms with Gasteiger partial charge in [0.2, 0.25) is 5.91 Å². The summed E-state index contributed by atoms with van der Waals surface area (Å²) in [6, 6.07) is 18.0. The summed E-state index contributed by atoms with van der Waals surface area (Å²) in [5, 5.41) is 3.72. The molecule has 1 saturated heterocycles. The van der Waals surface area contributed by atoms with Gasteiger partial charge < -0.3 is 14.6 Å². The number of carbonyl (C=O) groups is 1. The Balaban J connectivity index is 1.49. The molecular weight excluding hydrogens is 406 g/mol. The molecule has 1 aliphatic heterocycles. The molecule has 0 saturated carbocycles. The van der Waals surface area contributed by atoms with Crippen LogP contribution in [0.1, 0.15) is 31.2 Å². The minimum Gasteiger partial charge on any atom is -0.376 e. The molecule has 2 aromatic carbocycles. The minimum absolute atomic E-state index is 0.0321. The third kappa shape index (κ3) is 5.02. The summed E-state index contributed by atoms with van der Waals surface area (Å²) in [7, 11) is 0. The summed E-state index contributed by atoms with van der Waals surface area (Å²) in [4.78, 5) is 17.8. The van der Waals surface area contributed by atoms with E-state index in [0.717, 1.165) is 59.4 Å². The Morgan fingerprint density at radius 2 is 1.94 bits per heavy atom. The Morgan fingerprint density at radius 3 is 2.68 bits per heavy atom. The number of aromatic nitrogens is 2. The molecule has 0 radical (unpaired) electrons. The lowest BCUT2D eigenvalue weighted by Gasteiger charge is -2.17. The highest BCUT2D eigenvalue weighted by Gasteiger charge is 2.23. The smallest absolute Gasteiger partial charge is 0.237 e. The van der Waals surface area contributed by atoms with Gasteiger partial charge in [0, 0.05) is 23.6 Å². The van der Waals surface area contributed by atoms with Crippen LogP contribution in [-0.2, 0) is 16.1 Å². The van der Waals surface area contributed by atoms with Gasteiger partial charge in [-0.2, -0.15) is 0 Å². The highest BCUT2D eigenvalue weighted by molar-refractivity contribution is 8.00. The van der Waals surface area contributed by atoms with Gasteiger partial charge in [-0.3, -0.25) is 4.79 Å². The fraction of sp³-hybridized carbons (Fsp3) is 0.360. The van der Waals surface area contributed by atoms with Crippen LogP contribution in [0, 0.1) is 13.8 Å². The van der Waals surface area contributed by atoms with E-state index in [-0.39, 0.29) is 17.3 Å². The van der Waals surface area contributed by atoms with Crippen LogP contribution in [0.25, 0.3) is 11.1 Å². The molecule has 4 rings (SSSR count). The quantitative estimate of drug-likeness (QED) is 0.500. The van der Waals surface area contributed by atoms with Gasteiger partial charge in [-0.05, 0) is 45.2 Å². The van der Waals surface area contributed by atoms with Crippen molar-refractivity contribution < 1.29 is 9.53 Å². The number of hydrogen-bond donors (Lipinski definition) is 1. The number of rotatable bonds is 7. The van der Waals surface area contributed by atoms with Crippen LogP contribution in [-0.4, -0.2) is 33.4 Å². The van der Waals surface area contributed by atoms with E-state index in [1.54, 1.807) is 0 Å². The Labute approximate surface area is 188 Å². The largest absolute Gasteiger partial charge is 0.376 e. The third-order valence-corrected chi connectivity index (χ3v) is 6.84. The molecule has 2 atom stereocenters. The zero-order valence-corrected chi connectivity index (χ0v) is 19.1. The third-order valence-electron chi connectivity index (χ3n) is 5.75. The average molecular weight is 436 g/mol. The second-order valence-electron chi connectivity index (χ2n) is 7.97. The first-order valence-electron chi connectivity index (χ1n) is 10.8. The first kappa shape index (κ1) is 21.7. The Hall–Kier alpha value is -2.57. The standard InChI is InChI=1S/C25H29N3O2S/c1-17-18(2)28(16-21-12-9-15-30-21)25(26-17)31-19(3)24(29)27-23-14-8-7-13-22(23)20-10-5-4-6-11-20/h4-8,10-11,13-14,19,21H,9,12,15-16H2,1-3H3,(H,27,29). The molecule has 162 valence electrons. The van der Waals surface area contributed by atoms with Gasteiger partial charge in [0.05, 0.1) is 23.6 Å². The number of imidazole rings is 1. The molecule has 31 heavy (non-hydrogen) atoms. The van der Waals surface area contributed by atoms with E-state index >= 15 is 0 Å². The normalized spacial score (nSPS) is 16.9. The van der Waals surface area contributed by atoms with Gasteiger partial charge in [0.25, 0.3) is 0 Å². The fourth-order valence-corrected chi connectivity index (χ4v) is 4.84. The van der Waals surface area contributed by atoms with E-state index in [2.05, 4.69) is 28.9 Å². The number of aryl methyl sites for hydroxylation is 1. The molecule has 1 aromatic heterocycles. The summed E-state index contributed by atoms with van der Waals surface area (Å²) < 4.78 is 8.03. The first-order chi connectivity index (χ1) is 15.0. The summed E-state index contributed by atoms with van der Waals surface area (Å²) in [6.45, 7) is 7.66. The van der Waals surface area contributed by atoms with Crippen LogP contribution in [0.15, 0.2) is 59.8 Å². The van der Waals surface area contributed by atoms with E-state index in [0.29, 0.717) is 0 Å². The molecule has 6 heteroatoms. The highest BCUT2D eigenvalue weighted by atomic mass is 32.2. The number of para-hydroxylation sites is 1. The van der Waals surface area contributed by atoms with Crippen LogP contribution < -0.4 is 5.32 Å². The molecule has 1 fully saturated rings. The average Bonchev–Trinajstić information content (AvgIpc) is 3.39. The maximum Gasteiger partial charge on any atom is 0.237 e. The Kier molecular flexibility index (Phi) is 6.78. The number of hydrogen-bond acceptors (Lipinski definition) is 4. The van der Waals surface area contributed by atoms with Gasteiger partial charge in [-0.1, -0.05) is 60.3 Å². The number of nitrogens with one attached hydrogen (secondary N) is 1. The summed E-state index contributed by atoms with van der Waals surface area (Å²) in [6.07, 6.45) is 2.42. The molecular formula is C25H29N3O2S. The van der Waals surface area contributed by atoms with Crippen molar-refractivity contribution in [3.05, 3.63) is 66.0 Å². The number of benzene rings is 2. The lowest BCUT2D eigenvalue weighted by molar-refractivity contribution is -0.115. The van der Waals surface area contributed by atoms with E-state index in [1.165, 1.54) is 11.8 Å². The molecule has 0 bridgehead atoms. The highest BCUT2D eigenvalue weighted by Crippen LogP contribution is 2.30. The van der Waals surface area contributed by atoms with Crippen molar-refractivity contribution in [3.8, 4) is 11.1 Å². The molecule has 1 amide bonds. The zero-order valence-electron chi connectivity index (χ0n) is 18.3. The second-order valence-corrected chi connectivity index (χ2v) is 9.28. The van der Waals surface area contributed by atoms with Gasteiger partial charge in [-0.25, -0.2) is 4.98 Å². The van der Waals surface area contributed by atoms with Crippen LogP contribution in [0.3, 0.4) is 0 Å². The van der Waals surface area contributed by atoms with E-state index < -0.39 is 0 Å². The Morgan fingerprint density at radius 1 is 1.19 bits per heavy atom. The van der Waals surface area contributed by atoms with Gasteiger partial charge in [0.1, 0.15) is 0 Å². The van der Waals surface area contributed by atoms with Crippen molar-refractivity contribution in [1.82, 2.24) is 9.55 Å². The maximum absolute atomic E-state index is 13.1. The van der Waals surface area contributed by atoms with Crippen LogP contribution in [0.4, 0.5) is 5.69 Å². The van der Waals surface area contributed by atoms with Gasteiger partial charge >= 0.3 is 0 Å². The number of amides is 1. The molecule has 0 spiro atoms. The Bertz CT molecular complexity index is 1040. The molecule has 3 aromatic rings. The van der Waals surface area contributed by atoms with Crippen LogP contribution in [0.2, 0.25) is 0 Å². The zero-order chi connectivity index (χ0) is 21.8. The van der Waals surface area contributed by atoms with Crippen molar-refractivity contribution in [2.45, 2.75) is 56.7 Å². The van der Waals surface area contributed by atoms with E-state index in [1.807, 2.05) is 56.3 Å². The van der Waals surface area contributed by atoms with Crippen molar-refractivity contribution in [2.24, 2.45) is 0 Å². The van der Waals surface area contributed by atoms with Crippen LogP contribution >= 0.6 is 11.8 Å².